The molecule has 1 saturated heterocycles. The first-order valence-corrected chi connectivity index (χ1v) is 8.85. The Morgan fingerprint density at radius 1 is 1.08 bits per heavy atom. The number of nitrogens with one attached hydrogen (secondary N) is 1. The first-order chi connectivity index (χ1) is 11.9. The highest BCUT2D eigenvalue weighted by Crippen LogP contribution is 2.30. The molecule has 1 atom stereocenters. The highest BCUT2D eigenvalue weighted by molar-refractivity contribution is 7.18. The van der Waals surface area contributed by atoms with E-state index >= 15 is 0 Å². The second kappa shape index (κ2) is 6.92. The molecule has 4 heterocycles. The van der Waals surface area contributed by atoms with Crippen LogP contribution < -0.4 is 10.2 Å². The molecular formula is C17H18N6S. The Hall–Kier alpha value is -2.54. The zero-order chi connectivity index (χ0) is 16.2. The lowest BCUT2D eigenvalue weighted by atomic mass is 10.1. The van der Waals surface area contributed by atoms with Crippen LogP contribution in [0.4, 0.5) is 10.9 Å². The number of hydrogen-bond acceptors (Lipinski definition) is 7. The molecule has 0 aliphatic carbocycles. The predicted molar refractivity (Wildman–Crippen MR) is 96.2 cm³/mol. The molecule has 3 aromatic heterocycles. The van der Waals surface area contributed by atoms with Crippen LogP contribution >= 0.6 is 11.3 Å². The van der Waals surface area contributed by atoms with Gasteiger partial charge in [0.2, 0.25) is 5.13 Å². The highest BCUT2D eigenvalue weighted by atomic mass is 32.1. The van der Waals surface area contributed by atoms with E-state index in [2.05, 4.69) is 30.4 Å². The van der Waals surface area contributed by atoms with Gasteiger partial charge >= 0.3 is 0 Å². The molecule has 1 N–H and O–H groups in total. The number of aromatic nitrogens is 4. The smallest absolute Gasteiger partial charge is 0.208 e. The summed E-state index contributed by atoms with van der Waals surface area (Å²) >= 11 is 1.61. The maximum atomic E-state index is 4.35. The molecule has 0 radical (unpaired) electrons. The van der Waals surface area contributed by atoms with Crippen LogP contribution in [0, 0.1) is 5.92 Å². The van der Waals surface area contributed by atoms with E-state index in [0.29, 0.717) is 5.92 Å². The molecular weight excluding hydrogens is 320 g/mol. The van der Waals surface area contributed by atoms with Crippen molar-refractivity contribution < 1.29 is 0 Å². The third-order valence-electron chi connectivity index (χ3n) is 4.09. The van der Waals surface area contributed by atoms with E-state index in [0.717, 1.165) is 47.7 Å². The van der Waals surface area contributed by atoms with Gasteiger partial charge in [-0.2, -0.15) is 0 Å². The van der Waals surface area contributed by atoms with E-state index in [1.54, 1.807) is 17.5 Å². The van der Waals surface area contributed by atoms with Crippen LogP contribution in [0.15, 0.2) is 48.8 Å². The molecule has 3 aromatic rings. The monoisotopic (exact) mass is 338 g/mol. The van der Waals surface area contributed by atoms with Crippen molar-refractivity contribution in [2.24, 2.45) is 5.92 Å². The third kappa shape index (κ3) is 3.35. The first kappa shape index (κ1) is 15.0. The fourth-order valence-corrected chi connectivity index (χ4v) is 3.68. The van der Waals surface area contributed by atoms with Crippen molar-refractivity contribution in [2.75, 3.05) is 29.9 Å². The Kier molecular flexibility index (Phi) is 4.33. The Balaban J connectivity index is 1.36. The summed E-state index contributed by atoms with van der Waals surface area (Å²) in [6.45, 7) is 2.95. The minimum Gasteiger partial charge on any atom is -0.370 e. The van der Waals surface area contributed by atoms with E-state index < -0.39 is 0 Å². The molecule has 0 spiro atoms. The molecule has 1 fully saturated rings. The molecule has 0 saturated carbocycles. The molecule has 24 heavy (non-hydrogen) atoms. The maximum Gasteiger partial charge on any atom is 0.208 e. The summed E-state index contributed by atoms with van der Waals surface area (Å²) in [6.07, 6.45) is 4.74. The van der Waals surface area contributed by atoms with Crippen LogP contribution in [-0.4, -0.2) is 39.8 Å². The third-order valence-corrected chi connectivity index (χ3v) is 5.10. The first-order valence-electron chi connectivity index (χ1n) is 8.03. The topological polar surface area (TPSA) is 66.8 Å². The molecule has 7 heteroatoms. The Morgan fingerprint density at radius 3 is 2.75 bits per heavy atom. The molecule has 122 valence electrons. The van der Waals surface area contributed by atoms with Gasteiger partial charge in [0, 0.05) is 32.0 Å². The van der Waals surface area contributed by atoms with E-state index in [4.69, 9.17) is 0 Å². The number of rotatable bonds is 5. The van der Waals surface area contributed by atoms with Gasteiger partial charge in [-0.1, -0.05) is 23.5 Å². The summed E-state index contributed by atoms with van der Waals surface area (Å²) in [6, 6.07) is 11.8. The standard InChI is InChI=1S/C17H18N6S/c1-3-8-18-14(5-1)16-21-22-17(24-16)23-10-7-13(12-23)11-20-15-6-2-4-9-19-15/h1-6,8-9,13H,7,10-12H2,(H,19,20). The lowest BCUT2D eigenvalue weighted by molar-refractivity contribution is 0.621. The number of hydrogen-bond donors (Lipinski definition) is 1. The van der Waals surface area contributed by atoms with Gasteiger partial charge in [0.1, 0.15) is 11.5 Å². The second-order valence-corrected chi connectivity index (χ2v) is 6.76. The predicted octanol–water partition coefficient (Wildman–Crippen LogP) is 2.93. The van der Waals surface area contributed by atoms with Gasteiger partial charge in [-0.05, 0) is 36.6 Å². The normalized spacial score (nSPS) is 17.2. The summed E-state index contributed by atoms with van der Waals surface area (Å²) in [7, 11) is 0. The average Bonchev–Trinajstić information content (AvgIpc) is 3.31. The molecule has 1 unspecified atom stereocenters. The van der Waals surface area contributed by atoms with E-state index in [1.165, 1.54) is 0 Å². The van der Waals surface area contributed by atoms with Crippen molar-refractivity contribution in [3.8, 4) is 10.7 Å². The number of pyridine rings is 2. The molecule has 1 aliphatic rings. The summed E-state index contributed by atoms with van der Waals surface area (Å²) in [5, 5.41) is 13.9. The number of anilines is 2. The second-order valence-electron chi connectivity index (χ2n) is 5.80. The molecule has 0 aromatic carbocycles. The van der Waals surface area contributed by atoms with Gasteiger partial charge in [0.15, 0.2) is 5.01 Å². The largest absolute Gasteiger partial charge is 0.370 e. The van der Waals surface area contributed by atoms with Gasteiger partial charge in [0.25, 0.3) is 0 Å². The maximum absolute atomic E-state index is 4.35. The van der Waals surface area contributed by atoms with E-state index in [-0.39, 0.29) is 0 Å². The zero-order valence-electron chi connectivity index (χ0n) is 13.2. The van der Waals surface area contributed by atoms with E-state index in [9.17, 15) is 0 Å². The van der Waals surface area contributed by atoms with Gasteiger partial charge in [-0.15, -0.1) is 10.2 Å². The fourth-order valence-electron chi connectivity index (χ4n) is 2.83. The molecule has 1 aliphatic heterocycles. The van der Waals surface area contributed by atoms with Crippen molar-refractivity contribution in [3.05, 3.63) is 48.8 Å². The zero-order valence-corrected chi connectivity index (χ0v) is 14.0. The fraction of sp³-hybridized carbons (Fsp3) is 0.294. The Bertz CT molecular complexity index is 776. The van der Waals surface area contributed by atoms with Gasteiger partial charge in [-0.25, -0.2) is 4.98 Å². The van der Waals surface area contributed by atoms with Gasteiger partial charge in [0.05, 0.1) is 0 Å². The van der Waals surface area contributed by atoms with Crippen LogP contribution in [0.1, 0.15) is 6.42 Å². The van der Waals surface area contributed by atoms with Gasteiger partial charge < -0.3 is 10.2 Å². The van der Waals surface area contributed by atoms with Crippen molar-refractivity contribution >= 4 is 22.3 Å². The van der Waals surface area contributed by atoms with Crippen LogP contribution in [0.2, 0.25) is 0 Å². The van der Waals surface area contributed by atoms with Crippen molar-refractivity contribution in [1.29, 1.82) is 0 Å². The summed E-state index contributed by atoms with van der Waals surface area (Å²) < 4.78 is 0. The van der Waals surface area contributed by atoms with E-state index in [1.807, 2.05) is 42.6 Å². The quantitative estimate of drug-likeness (QED) is 0.771. The van der Waals surface area contributed by atoms with Crippen molar-refractivity contribution in [1.82, 2.24) is 20.2 Å². The SMILES string of the molecule is c1ccc(NCC2CCN(c3nnc(-c4ccccn4)s3)C2)nc1. The van der Waals surface area contributed by atoms with Crippen LogP contribution in [0.25, 0.3) is 10.7 Å². The summed E-state index contributed by atoms with van der Waals surface area (Å²) in [4.78, 5) is 11.0. The Morgan fingerprint density at radius 2 is 1.96 bits per heavy atom. The van der Waals surface area contributed by atoms with Crippen molar-refractivity contribution in [3.63, 3.8) is 0 Å². The molecule has 4 rings (SSSR count). The van der Waals surface area contributed by atoms with Crippen LogP contribution in [-0.2, 0) is 0 Å². The number of nitrogens with zero attached hydrogens (tertiary/aromatic N) is 5. The highest BCUT2D eigenvalue weighted by Gasteiger charge is 2.25. The van der Waals surface area contributed by atoms with Crippen molar-refractivity contribution in [2.45, 2.75) is 6.42 Å². The Labute approximate surface area is 144 Å². The molecule has 0 amide bonds. The van der Waals surface area contributed by atoms with Gasteiger partial charge in [-0.3, -0.25) is 4.98 Å². The summed E-state index contributed by atoms with van der Waals surface area (Å²) in [5.74, 6) is 1.53. The minimum absolute atomic E-state index is 0.592. The lowest BCUT2D eigenvalue weighted by Gasteiger charge is -2.14. The lowest BCUT2D eigenvalue weighted by Crippen LogP contribution is -2.22. The summed E-state index contributed by atoms with van der Waals surface area (Å²) in [5.41, 5.74) is 0.883. The minimum atomic E-state index is 0.592. The molecule has 0 bridgehead atoms. The van der Waals surface area contributed by atoms with Crippen LogP contribution in [0.3, 0.4) is 0 Å². The van der Waals surface area contributed by atoms with Crippen LogP contribution in [0.5, 0.6) is 0 Å². The molecule has 6 nitrogen and oxygen atoms in total. The average molecular weight is 338 g/mol.